The van der Waals surface area contributed by atoms with E-state index in [1.54, 1.807) is 0 Å². The molecular formula is C41H27N2OP. The first-order chi connectivity index (χ1) is 22.2. The van der Waals surface area contributed by atoms with Crippen LogP contribution >= 0.6 is 7.14 Å². The second-order valence-electron chi connectivity index (χ2n) is 11.6. The zero-order chi connectivity index (χ0) is 30.0. The van der Waals surface area contributed by atoms with Gasteiger partial charge in [-0.05, 0) is 63.7 Å². The summed E-state index contributed by atoms with van der Waals surface area (Å²) in [6.45, 7) is 0. The molecule has 0 unspecified atom stereocenters. The van der Waals surface area contributed by atoms with E-state index in [-0.39, 0.29) is 0 Å². The van der Waals surface area contributed by atoms with Crippen molar-refractivity contribution in [2.75, 3.05) is 0 Å². The highest BCUT2D eigenvalue weighted by molar-refractivity contribution is 7.85. The van der Waals surface area contributed by atoms with Gasteiger partial charge in [-0.25, -0.2) is 4.98 Å². The van der Waals surface area contributed by atoms with Gasteiger partial charge in [0.25, 0.3) is 0 Å². The number of pyridine rings is 1. The quantitative estimate of drug-likeness (QED) is 0.150. The monoisotopic (exact) mass is 594 g/mol. The van der Waals surface area contributed by atoms with Crippen LogP contribution in [0.1, 0.15) is 0 Å². The number of hydrogen-bond donors (Lipinski definition) is 0. The Morgan fingerprint density at radius 1 is 0.444 bits per heavy atom. The van der Waals surface area contributed by atoms with Crippen LogP contribution < -0.4 is 15.9 Å². The lowest BCUT2D eigenvalue weighted by molar-refractivity contribution is 0.592. The average Bonchev–Trinajstić information content (AvgIpc) is 3.52. The van der Waals surface area contributed by atoms with Gasteiger partial charge in [0.05, 0.1) is 16.6 Å². The van der Waals surface area contributed by atoms with Gasteiger partial charge < -0.3 is 4.57 Å². The fraction of sp³-hybridized carbons (Fsp3) is 0. The molecular weight excluding hydrogens is 567 g/mol. The van der Waals surface area contributed by atoms with Crippen LogP contribution in [0.3, 0.4) is 0 Å². The van der Waals surface area contributed by atoms with Crippen molar-refractivity contribution in [2.45, 2.75) is 0 Å². The molecule has 0 atom stereocenters. The van der Waals surface area contributed by atoms with Crippen LogP contribution in [0.5, 0.6) is 0 Å². The molecule has 9 aromatic rings. The van der Waals surface area contributed by atoms with E-state index in [9.17, 15) is 4.57 Å². The first-order valence-electron chi connectivity index (χ1n) is 15.2. The molecule has 0 radical (unpaired) electrons. The van der Waals surface area contributed by atoms with Crippen LogP contribution in [0.2, 0.25) is 0 Å². The van der Waals surface area contributed by atoms with Crippen molar-refractivity contribution in [3.63, 3.8) is 0 Å². The molecule has 0 spiro atoms. The lowest BCUT2D eigenvalue weighted by atomic mass is 9.98. The van der Waals surface area contributed by atoms with E-state index in [2.05, 4.69) is 95.4 Å². The van der Waals surface area contributed by atoms with Gasteiger partial charge in [0, 0.05) is 26.7 Å². The summed E-state index contributed by atoms with van der Waals surface area (Å²) in [6, 6.07) is 56.2. The molecule has 0 bridgehead atoms. The van der Waals surface area contributed by atoms with Crippen LogP contribution in [0, 0.1) is 0 Å². The topological polar surface area (TPSA) is 34.4 Å². The third-order valence-corrected chi connectivity index (χ3v) is 12.1. The van der Waals surface area contributed by atoms with Crippen LogP contribution in [0.4, 0.5) is 0 Å². The fourth-order valence-electron chi connectivity index (χ4n) is 6.82. The van der Waals surface area contributed by atoms with Gasteiger partial charge in [0.15, 0.2) is 7.14 Å². The maximum atomic E-state index is 14.9. The standard InChI is InChI=1S/C41H27N2OP/c44-45(32-11-3-1-4-12-32,33-13-5-2-6-14-33)34-23-21-29-25-28(19-20-30(29)26-34)31-22-24-39-37(27-31)35-15-7-8-16-36(35)41-42-38-17-9-10-18-40(38)43(39)41/h1-27H. The normalized spacial score (nSPS) is 12.1. The molecule has 0 amide bonds. The van der Waals surface area contributed by atoms with Gasteiger partial charge in [0.2, 0.25) is 0 Å². The van der Waals surface area contributed by atoms with Crippen molar-refractivity contribution in [3.05, 3.63) is 164 Å². The zero-order valence-corrected chi connectivity index (χ0v) is 25.2. The molecule has 9 rings (SSSR count). The molecule has 4 heteroatoms. The molecule has 0 aliphatic heterocycles. The van der Waals surface area contributed by atoms with Crippen LogP contribution in [-0.2, 0) is 4.57 Å². The number of rotatable bonds is 4. The summed E-state index contributed by atoms with van der Waals surface area (Å²) < 4.78 is 17.2. The summed E-state index contributed by atoms with van der Waals surface area (Å²) in [5.41, 5.74) is 6.53. The van der Waals surface area contributed by atoms with Crippen molar-refractivity contribution >= 4 is 72.2 Å². The smallest absolute Gasteiger partial charge is 0.171 e. The first-order valence-corrected chi connectivity index (χ1v) is 16.9. The second kappa shape index (κ2) is 10.0. The summed E-state index contributed by atoms with van der Waals surface area (Å²) in [7, 11) is -3.04. The number of fused-ring (bicyclic) bond motifs is 9. The molecule has 212 valence electrons. The van der Waals surface area contributed by atoms with E-state index in [1.807, 2.05) is 72.8 Å². The Kier molecular flexibility index (Phi) is 5.78. The molecule has 0 fully saturated rings. The maximum Gasteiger partial charge on any atom is 0.171 e. The molecule has 7 aromatic carbocycles. The van der Waals surface area contributed by atoms with E-state index >= 15 is 0 Å². The average molecular weight is 595 g/mol. The first kappa shape index (κ1) is 25.9. The highest BCUT2D eigenvalue weighted by Gasteiger charge is 2.29. The van der Waals surface area contributed by atoms with Crippen LogP contribution in [0.15, 0.2) is 164 Å². The predicted octanol–water partition coefficient (Wildman–Crippen LogP) is 9.25. The Morgan fingerprint density at radius 2 is 1.04 bits per heavy atom. The summed E-state index contributed by atoms with van der Waals surface area (Å²) in [6.07, 6.45) is 0. The van der Waals surface area contributed by atoms with E-state index < -0.39 is 7.14 Å². The van der Waals surface area contributed by atoms with Gasteiger partial charge in [0.1, 0.15) is 5.65 Å². The van der Waals surface area contributed by atoms with E-state index in [4.69, 9.17) is 4.98 Å². The van der Waals surface area contributed by atoms with Crippen molar-refractivity contribution in [2.24, 2.45) is 0 Å². The Balaban J connectivity index is 1.20. The summed E-state index contributed by atoms with van der Waals surface area (Å²) >= 11 is 0. The van der Waals surface area contributed by atoms with Gasteiger partial charge in [-0.2, -0.15) is 0 Å². The van der Waals surface area contributed by atoms with E-state index in [0.717, 1.165) is 65.4 Å². The van der Waals surface area contributed by atoms with E-state index in [1.165, 1.54) is 10.8 Å². The summed E-state index contributed by atoms with van der Waals surface area (Å²) in [5, 5.41) is 8.25. The third kappa shape index (κ3) is 3.98. The third-order valence-electron chi connectivity index (χ3n) is 9.02. The van der Waals surface area contributed by atoms with E-state index in [0.29, 0.717) is 0 Å². The minimum Gasteiger partial charge on any atom is -0.309 e. The molecule has 2 aromatic heterocycles. The molecule has 45 heavy (non-hydrogen) atoms. The van der Waals surface area contributed by atoms with Crippen molar-refractivity contribution < 1.29 is 4.57 Å². The van der Waals surface area contributed by atoms with Crippen molar-refractivity contribution in [3.8, 4) is 11.1 Å². The minimum atomic E-state index is -3.04. The molecule has 2 heterocycles. The Labute approximate surface area is 260 Å². The van der Waals surface area contributed by atoms with Crippen molar-refractivity contribution in [1.82, 2.24) is 9.38 Å². The highest BCUT2D eigenvalue weighted by Crippen LogP contribution is 2.43. The molecule has 0 N–H and O–H groups in total. The SMILES string of the molecule is O=P(c1ccccc1)(c1ccccc1)c1ccc2cc(-c3ccc4c(c3)c3ccccc3c3nc5ccccc5n43)ccc2c1. The molecule has 3 nitrogen and oxygen atoms in total. The Hall–Kier alpha value is -5.50. The Bertz CT molecular complexity index is 2580. The Morgan fingerprint density at radius 3 is 1.82 bits per heavy atom. The zero-order valence-electron chi connectivity index (χ0n) is 24.3. The van der Waals surface area contributed by atoms with Gasteiger partial charge in [-0.15, -0.1) is 0 Å². The highest BCUT2D eigenvalue weighted by atomic mass is 31.2. The van der Waals surface area contributed by atoms with Crippen molar-refractivity contribution in [1.29, 1.82) is 0 Å². The van der Waals surface area contributed by atoms with Gasteiger partial charge >= 0.3 is 0 Å². The van der Waals surface area contributed by atoms with Crippen LogP contribution in [0.25, 0.3) is 60.3 Å². The lowest BCUT2D eigenvalue weighted by Gasteiger charge is -2.20. The number of hydrogen-bond acceptors (Lipinski definition) is 2. The predicted molar refractivity (Wildman–Crippen MR) is 190 cm³/mol. The second-order valence-corrected chi connectivity index (χ2v) is 14.3. The number of benzene rings is 7. The molecule has 0 saturated carbocycles. The van der Waals surface area contributed by atoms with Gasteiger partial charge in [-0.3, -0.25) is 4.40 Å². The maximum absolute atomic E-state index is 14.9. The fourth-order valence-corrected chi connectivity index (χ4v) is 9.51. The summed E-state index contributed by atoms with van der Waals surface area (Å²) in [4.78, 5) is 5.01. The van der Waals surface area contributed by atoms with Gasteiger partial charge in [-0.1, -0.05) is 127 Å². The molecule has 0 saturated heterocycles. The number of nitrogens with zero attached hydrogens (tertiary/aromatic N) is 2. The number of imidazole rings is 1. The minimum absolute atomic E-state index is 0.842. The summed E-state index contributed by atoms with van der Waals surface area (Å²) in [5.74, 6) is 0. The lowest BCUT2D eigenvalue weighted by Crippen LogP contribution is -2.24. The largest absolute Gasteiger partial charge is 0.309 e. The van der Waals surface area contributed by atoms with Crippen LogP contribution in [-0.4, -0.2) is 9.38 Å². The molecule has 0 aliphatic carbocycles. The number of aromatic nitrogens is 2. The number of para-hydroxylation sites is 2. The molecule has 0 aliphatic rings.